The van der Waals surface area contributed by atoms with Gasteiger partial charge in [-0.3, -0.25) is 4.90 Å². The molecule has 2 rings (SSSR count). The van der Waals surface area contributed by atoms with Gasteiger partial charge in [0.1, 0.15) is 5.75 Å². The maximum atomic E-state index is 12.0. The molecule has 0 amide bonds. The highest BCUT2D eigenvalue weighted by molar-refractivity contribution is 5.27. The smallest absolute Gasteiger partial charge is 0.406 e. The average Bonchev–Trinajstić information content (AvgIpc) is 2.33. The van der Waals surface area contributed by atoms with Crippen molar-refractivity contribution in [2.75, 3.05) is 13.1 Å². The molecule has 1 saturated heterocycles. The monoisotopic (exact) mass is 274 g/mol. The number of piperidine rings is 1. The molecule has 2 N–H and O–H groups in total. The molecule has 1 aliphatic rings. The Hall–Kier alpha value is -1.27. The van der Waals surface area contributed by atoms with E-state index in [0.29, 0.717) is 0 Å². The number of ether oxygens (including phenoxy) is 1. The predicted octanol–water partition coefficient (Wildman–Crippen LogP) is 2.51. The molecule has 0 unspecified atom stereocenters. The normalized spacial score (nSPS) is 18.5. The van der Waals surface area contributed by atoms with Crippen LogP contribution in [0.1, 0.15) is 18.4 Å². The lowest BCUT2D eigenvalue weighted by Gasteiger charge is -2.30. The van der Waals surface area contributed by atoms with E-state index in [0.717, 1.165) is 38.0 Å². The first-order chi connectivity index (χ1) is 8.92. The molecule has 1 heterocycles. The fourth-order valence-electron chi connectivity index (χ4n) is 2.17. The van der Waals surface area contributed by atoms with Crippen molar-refractivity contribution in [1.29, 1.82) is 0 Å². The minimum atomic E-state index is -4.63. The third kappa shape index (κ3) is 4.72. The Morgan fingerprint density at radius 3 is 2.26 bits per heavy atom. The molecule has 0 saturated carbocycles. The molecule has 0 radical (unpaired) electrons. The van der Waals surface area contributed by atoms with Gasteiger partial charge in [0.15, 0.2) is 0 Å². The topological polar surface area (TPSA) is 38.5 Å². The van der Waals surface area contributed by atoms with Crippen LogP contribution in [-0.2, 0) is 6.54 Å². The quantitative estimate of drug-likeness (QED) is 0.920. The molecule has 1 fully saturated rings. The molecule has 106 valence electrons. The Morgan fingerprint density at radius 1 is 1.16 bits per heavy atom. The van der Waals surface area contributed by atoms with E-state index in [-0.39, 0.29) is 11.8 Å². The Bertz CT molecular complexity index is 397. The van der Waals surface area contributed by atoms with E-state index in [9.17, 15) is 13.2 Å². The summed E-state index contributed by atoms with van der Waals surface area (Å²) in [5.41, 5.74) is 6.80. The van der Waals surface area contributed by atoms with Crippen LogP contribution in [0.3, 0.4) is 0 Å². The zero-order valence-electron chi connectivity index (χ0n) is 10.5. The molecule has 1 aromatic rings. The summed E-state index contributed by atoms with van der Waals surface area (Å²) in [5.74, 6) is -0.183. The van der Waals surface area contributed by atoms with Crippen molar-refractivity contribution in [1.82, 2.24) is 4.90 Å². The summed E-state index contributed by atoms with van der Waals surface area (Å²) in [7, 11) is 0. The number of hydrogen-bond donors (Lipinski definition) is 1. The summed E-state index contributed by atoms with van der Waals surface area (Å²) in [6, 6.07) is 6.29. The standard InChI is InChI=1S/C13H17F3N2O/c14-13(15,16)19-12-3-1-10(2-4-12)9-18-7-5-11(17)6-8-18/h1-4,11H,5-9,17H2. The molecule has 19 heavy (non-hydrogen) atoms. The van der Waals surface area contributed by atoms with E-state index in [1.807, 2.05) is 0 Å². The molecule has 0 aliphatic carbocycles. The van der Waals surface area contributed by atoms with E-state index >= 15 is 0 Å². The Labute approximate surface area is 110 Å². The molecule has 3 nitrogen and oxygen atoms in total. The van der Waals surface area contributed by atoms with Crippen LogP contribution in [-0.4, -0.2) is 30.4 Å². The molecule has 0 spiro atoms. The van der Waals surface area contributed by atoms with Crippen molar-refractivity contribution in [3.8, 4) is 5.75 Å². The molecule has 0 bridgehead atoms. The fourth-order valence-corrected chi connectivity index (χ4v) is 2.17. The summed E-state index contributed by atoms with van der Waals surface area (Å²) in [6.07, 6.45) is -2.70. The second kappa shape index (κ2) is 5.79. The number of benzene rings is 1. The first-order valence-electron chi connectivity index (χ1n) is 6.25. The molecule has 0 atom stereocenters. The number of hydrogen-bond acceptors (Lipinski definition) is 3. The van der Waals surface area contributed by atoms with Crippen molar-refractivity contribution in [2.45, 2.75) is 31.8 Å². The van der Waals surface area contributed by atoms with E-state index in [2.05, 4.69) is 9.64 Å². The molecule has 0 aromatic heterocycles. The molecule has 6 heteroatoms. The third-order valence-electron chi connectivity index (χ3n) is 3.20. The lowest BCUT2D eigenvalue weighted by molar-refractivity contribution is -0.274. The Balaban J connectivity index is 1.88. The first-order valence-corrected chi connectivity index (χ1v) is 6.25. The van der Waals surface area contributed by atoms with Gasteiger partial charge >= 0.3 is 6.36 Å². The first kappa shape index (κ1) is 14.1. The number of rotatable bonds is 3. The number of likely N-dealkylation sites (tertiary alicyclic amines) is 1. The second-order valence-corrected chi connectivity index (χ2v) is 4.81. The fraction of sp³-hybridized carbons (Fsp3) is 0.538. The lowest BCUT2D eigenvalue weighted by Crippen LogP contribution is -2.39. The van der Waals surface area contributed by atoms with Crippen molar-refractivity contribution < 1.29 is 17.9 Å². The van der Waals surface area contributed by atoms with Crippen LogP contribution in [0.25, 0.3) is 0 Å². The Morgan fingerprint density at radius 2 is 1.74 bits per heavy atom. The zero-order valence-corrected chi connectivity index (χ0v) is 10.5. The van der Waals surface area contributed by atoms with Gasteiger partial charge in [0, 0.05) is 12.6 Å². The van der Waals surface area contributed by atoms with Crippen molar-refractivity contribution in [2.24, 2.45) is 5.73 Å². The summed E-state index contributed by atoms with van der Waals surface area (Å²) >= 11 is 0. The van der Waals surface area contributed by atoms with Crippen LogP contribution in [0.15, 0.2) is 24.3 Å². The second-order valence-electron chi connectivity index (χ2n) is 4.81. The van der Waals surface area contributed by atoms with Gasteiger partial charge in [-0.25, -0.2) is 0 Å². The number of halogens is 3. The summed E-state index contributed by atoms with van der Waals surface area (Å²) < 4.78 is 39.9. The average molecular weight is 274 g/mol. The van der Waals surface area contributed by atoms with Gasteiger partial charge in [-0.05, 0) is 43.6 Å². The lowest BCUT2D eigenvalue weighted by atomic mass is 10.1. The van der Waals surface area contributed by atoms with Crippen molar-refractivity contribution >= 4 is 0 Å². The zero-order chi connectivity index (χ0) is 13.9. The van der Waals surface area contributed by atoms with Gasteiger partial charge in [0.25, 0.3) is 0 Å². The minimum absolute atomic E-state index is 0.183. The van der Waals surface area contributed by atoms with Gasteiger partial charge in [0.05, 0.1) is 0 Å². The van der Waals surface area contributed by atoms with Crippen LogP contribution < -0.4 is 10.5 Å². The highest BCUT2D eigenvalue weighted by Gasteiger charge is 2.30. The number of alkyl halides is 3. The molecule has 1 aliphatic heterocycles. The SMILES string of the molecule is NC1CCN(Cc2ccc(OC(F)(F)F)cc2)CC1. The highest BCUT2D eigenvalue weighted by atomic mass is 19.4. The minimum Gasteiger partial charge on any atom is -0.406 e. The van der Waals surface area contributed by atoms with Gasteiger partial charge in [-0.1, -0.05) is 12.1 Å². The van der Waals surface area contributed by atoms with Gasteiger partial charge in [0.2, 0.25) is 0 Å². The van der Waals surface area contributed by atoms with Crippen LogP contribution >= 0.6 is 0 Å². The number of nitrogens with zero attached hydrogens (tertiary/aromatic N) is 1. The van der Waals surface area contributed by atoms with E-state index < -0.39 is 6.36 Å². The van der Waals surface area contributed by atoms with Gasteiger partial charge in [-0.2, -0.15) is 0 Å². The summed E-state index contributed by atoms with van der Waals surface area (Å²) in [5, 5.41) is 0. The van der Waals surface area contributed by atoms with E-state index in [1.54, 1.807) is 12.1 Å². The maximum absolute atomic E-state index is 12.0. The number of nitrogens with two attached hydrogens (primary N) is 1. The van der Waals surface area contributed by atoms with E-state index in [1.165, 1.54) is 12.1 Å². The van der Waals surface area contributed by atoms with Gasteiger partial charge in [-0.15, -0.1) is 13.2 Å². The predicted molar refractivity (Wildman–Crippen MR) is 65.6 cm³/mol. The largest absolute Gasteiger partial charge is 0.573 e. The van der Waals surface area contributed by atoms with Crippen LogP contribution in [0, 0.1) is 0 Å². The van der Waals surface area contributed by atoms with Crippen molar-refractivity contribution in [3.63, 3.8) is 0 Å². The van der Waals surface area contributed by atoms with E-state index in [4.69, 9.17) is 5.73 Å². The van der Waals surface area contributed by atoms with Crippen LogP contribution in [0.4, 0.5) is 13.2 Å². The Kier molecular flexibility index (Phi) is 4.31. The van der Waals surface area contributed by atoms with Crippen molar-refractivity contribution in [3.05, 3.63) is 29.8 Å². The summed E-state index contributed by atoms with van der Waals surface area (Å²) in [6.45, 7) is 2.60. The third-order valence-corrected chi connectivity index (χ3v) is 3.20. The maximum Gasteiger partial charge on any atom is 0.573 e. The molecular formula is C13H17F3N2O. The van der Waals surface area contributed by atoms with Gasteiger partial charge < -0.3 is 10.5 Å². The van der Waals surface area contributed by atoms with Crippen LogP contribution in [0.5, 0.6) is 5.75 Å². The molecular weight excluding hydrogens is 257 g/mol. The molecule has 1 aromatic carbocycles. The highest BCUT2D eigenvalue weighted by Crippen LogP contribution is 2.23. The van der Waals surface area contributed by atoms with Crippen LogP contribution in [0.2, 0.25) is 0 Å². The summed E-state index contributed by atoms with van der Waals surface area (Å²) in [4.78, 5) is 2.25.